The van der Waals surface area contributed by atoms with Gasteiger partial charge in [-0.2, -0.15) is 0 Å². The molecule has 0 saturated carbocycles. The Hall–Kier alpha value is -4.76. The number of aliphatic hydroxyl groups excluding tert-OH is 3. The summed E-state index contributed by atoms with van der Waals surface area (Å²) in [6, 6.07) is 0. The number of carbonyl (C=O) groups is 4. The molecule has 0 bridgehead atoms. The Morgan fingerprint density at radius 2 is 1.09 bits per heavy atom. The van der Waals surface area contributed by atoms with Gasteiger partial charge in [0.1, 0.15) is 0 Å². The van der Waals surface area contributed by atoms with Crippen molar-refractivity contribution >= 4 is 46.4 Å². The maximum absolute atomic E-state index is 12.8. The summed E-state index contributed by atoms with van der Waals surface area (Å²) in [5, 5.41) is 42.9. The number of anilines is 2. The Morgan fingerprint density at radius 1 is 0.657 bits per heavy atom. The van der Waals surface area contributed by atoms with Crippen LogP contribution in [0.15, 0.2) is 13.2 Å². The molecule has 14 heteroatoms. The van der Waals surface area contributed by atoms with Crippen LogP contribution in [0, 0.1) is 41.5 Å². The highest BCUT2D eigenvalue weighted by Gasteiger charge is 2.28. The first-order chi connectivity index (χ1) is 31.6. The molecule has 0 spiro atoms. The number of hydrogen-bond donors (Lipinski definition) is 8. The molecule has 8 N–H and O–H groups in total. The average Bonchev–Trinajstić information content (AvgIpc) is 4.11. The third-order valence-corrected chi connectivity index (χ3v) is 11.3. The van der Waals surface area contributed by atoms with Crippen LogP contribution in [-0.2, 0) is 14.3 Å². The molecule has 14 nitrogen and oxygen atoms in total. The molecule has 2 aromatic rings. The first-order valence-electron chi connectivity index (χ1n) is 24.4. The van der Waals surface area contributed by atoms with Crippen LogP contribution in [0.5, 0.6) is 0 Å². The molecule has 2 aromatic carbocycles. The largest absolute Gasteiger partial charge is 0.394 e. The summed E-state index contributed by atoms with van der Waals surface area (Å²) < 4.78 is 5.10. The second-order valence-electron chi connectivity index (χ2n) is 17.3. The van der Waals surface area contributed by atoms with E-state index in [0.717, 1.165) is 51.4 Å². The predicted octanol–water partition coefficient (Wildman–Crippen LogP) is 8.46. The minimum Gasteiger partial charge on any atom is -0.394 e. The minimum atomic E-state index is -1.09. The highest BCUT2D eigenvalue weighted by molar-refractivity contribution is 6.07. The molecule has 3 atom stereocenters. The van der Waals surface area contributed by atoms with E-state index in [1.165, 1.54) is 58.3 Å². The summed E-state index contributed by atoms with van der Waals surface area (Å²) in [6.45, 7) is 36.7. The molecule has 3 rings (SSSR count). The van der Waals surface area contributed by atoms with Crippen LogP contribution >= 0.6 is 0 Å². The van der Waals surface area contributed by atoms with Crippen molar-refractivity contribution < 1.29 is 39.2 Å². The summed E-state index contributed by atoms with van der Waals surface area (Å²) in [7, 11) is 1.79. The maximum atomic E-state index is 12.8. The Kier molecular flexibility index (Phi) is 30.5. The molecule has 1 saturated heterocycles. The van der Waals surface area contributed by atoms with E-state index in [1.807, 2.05) is 34.6 Å². The van der Waals surface area contributed by atoms with Crippen molar-refractivity contribution in [2.75, 3.05) is 56.7 Å². The molecule has 0 aliphatic carbocycles. The van der Waals surface area contributed by atoms with E-state index in [4.69, 9.17) is 9.84 Å². The fourth-order valence-corrected chi connectivity index (χ4v) is 7.69. The van der Waals surface area contributed by atoms with Crippen molar-refractivity contribution in [2.24, 2.45) is 0 Å². The van der Waals surface area contributed by atoms with E-state index >= 15 is 0 Å². The average molecular weight is 939 g/mol. The van der Waals surface area contributed by atoms with E-state index in [-0.39, 0.29) is 35.9 Å². The van der Waals surface area contributed by atoms with E-state index < -0.39 is 24.7 Å². The van der Waals surface area contributed by atoms with Gasteiger partial charge in [-0.3, -0.25) is 19.2 Å². The smallest absolute Gasteiger partial charge is 0.252 e. The second kappa shape index (κ2) is 32.9. The normalized spacial score (nSPS) is 13.1. The third kappa shape index (κ3) is 20.6. The molecule has 1 aliphatic heterocycles. The molecular weight excluding hydrogens is 849 g/mol. The summed E-state index contributed by atoms with van der Waals surface area (Å²) in [5.41, 5.74) is 9.95. The Balaban J connectivity index is 0.00000105. The number of hydrogen-bond acceptors (Lipinski definition) is 10. The monoisotopic (exact) mass is 939 g/mol. The molecule has 67 heavy (non-hydrogen) atoms. The number of amides is 4. The van der Waals surface area contributed by atoms with Crippen LogP contribution in [0.2, 0.25) is 0 Å². The maximum Gasteiger partial charge on any atom is 0.252 e. The lowest BCUT2D eigenvalue weighted by Crippen LogP contribution is -2.35. The Morgan fingerprint density at radius 3 is 1.49 bits per heavy atom. The quantitative estimate of drug-likeness (QED) is 0.0394. The van der Waals surface area contributed by atoms with Crippen LogP contribution in [0.25, 0.3) is 11.4 Å². The van der Waals surface area contributed by atoms with Gasteiger partial charge in [0, 0.05) is 86.4 Å². The lowest BCUT2D eigenvalue weighted by molar-refractivity contribution is -0.116. The standard InChI is InChI=1S/C22H35N3O2.C19H27N3O6.C9H20.C3H8/c1-10-19(27)12-24-17(7)21-13(3)20(16(6)23-11-2)14(4)22(15(21)5)25(9)18(8)26;1-9-15(18(26)20-5-13(25)7-23)10(2)17(22-12(4)24)11(3)16(9)19(27)21-6-14-8-28-14;1-3-5-7-9-8-6-4-2;1-3-2/h19,23-24,27H,6-7,10-12H2,1-5,8-9H3;13-14,23,25H,5-8H2,1-4H3,(H,20,26)(H,21,27)(H,22,24);3-9H2,1-2H3;3H2,1-2H3. The number of carbonyl (C=O) groups excluding carboxylic acids is 4. The molecule has 380 valence electrons. The summed E-state index contributed by atoms with van der Waals surface area (Å²) in [5.74, 6) is -1.22. The van der Waals surface area contributed by atoms with Crippen LogP contribution in [0.1, 0.15) is 178 Å². The molecular formula is C53H90N6O8. The van der Waals surface area contributed by atoms with Crippen LogP contribution < -0.4 is 31.5 Å². The van der Waals surface area contributed by atoms with Gasteiger partial charge < -0.3 is 51.5 Å². The van der Waals surface area contributed by atoms with Crippen LogP contribution in [0.3, 0.4) is 0 Å². The first kappa shape index (κ1) is 62.2. The molecule has 1 fully saturated rings. The molecule has 1 heterocycles. The zero-order valence-corrected chi connectivity index (χ0v) is 44.1. The van der Waals surface area contributed by atoms with Crippen molar-refractivity contribution in [1.29, 1.82) is 0 Å². The number of epoxide rings is 1. The second-order valence-corrected chi connectivity index (χ2v) is 17.3. The summed E-state index contributed by atoms with van der Waals surface area (Å²) >= 11 is 0. The Labute approximate surface area is 404 Å². The van der Waals surface area contributed by atoms with E-state index in [9.17, 15) is 29.4 Å². The molecule has 1 aliphatic rings. The van der Waals surface area contributed by atoms with Gasteiger partial charge in [0.25, 0.3) is 11.8 Å². The number of ether oxygens (including phenoxy) is 1. The lowest BCUT2D eigenvalue weighted by atomic mass is 9.88. The molecule has 4 amide bonds. The zero-order valence-electron chi connectivity index (χ0n) is 44.1. The third-order valence-electron chi connectivity index (χ3n) is 11.3. The van der Waals surface area contributed by atoms with Crippen molar-refractivity contribution in [3.63, 3.8) is 0 Å². The summed E-state index contributed by atoms with van der Waals surface area (Å²) in [6.07, 6.45) is 10.4. The van der Waals surface area contributed by atoms with E-state index in [2.05, 4.69) is 67.4 Å². The first-order valence-corrected chi connectivity index (χ1v) is 24.4. The molecule has 0 radical (unpaired) electrons. The summed E-state index contributed by atoms with van der Waals surface area (Å²) in [4.78, 5) is 50.9. The van der Waals surface area contributed by atoms with Crippen molar-refractivity contribution in [2.45, 2.75) is 173 Å². The van der Waals surface area contributed by atoms with Crippen molar-refractivity contribution in [1.82, 2.24) is 21.3 Å². The fourth-order valence-electron chi connectivity index (χ4n) is 7.69. The number of benzene rings is 2. The highest BCUT2D eigenvalue weighted by atomic mass is 16.6. The number of aliphatic hydroxyl groups is 3. The topological polar surface area (TPSA) is 205 Å². The lowest BCUT2D eigenvalue weighted by Gasteiger charge is -2.29. The zero-order chi connectivity index (χ0) is 51.6. The number of nitrogens with one attached hydrogen (secondary N) is 5. The van der Waals surface area contributed by atoms with E-state index in [1.54, 1.807) is 39.6 Å². The van der Waals surface area contributed by atoms with Gasteiger partial charge in [-0.1, -0.05) is 99.1 Å². The fraction of sp³-hybridized carbons (Fsp3) is 0.623. The number of unbranched alkanes of at least 4 members (excludes halogenated alkanes) is 6. The number of rotatable bonds is 23. The van der Waals surface area contributed by atoms with E-state index in [0.29, 0.717) is 54.1 Å². The van der Waals surface area contributed by atoms with Gasteiger partial charge in [0.15, 0.2) is 0 Å². The van der Waals surface area contributed by atoms with Crippen LogP contribution in [-0.4, -0.2) is 104 Å². The minimum absolute atomic E-state index is 0.00700. The van der Waals surface area contributed by atoms with Crippen molar-refractivity contribution in [3.8, 4) is 0 Å². The highest BCUT2D eigenvalue weighted by Crippen LogP contribution is 2.38. The van der Waals surface area contributed by atoms with Crippen LogP contribution in [0.4, 0.5) is 11.4 Å². The SMILES string of the molecule is C=C(NCC)c1c(C)c(C(=C)NCC(O)CC)c(C)c(N(C)C(C)=O)c1C.CC(=O)Nc1c(C)c(C(=O)NCC(O)CO)c(C)c(C(=O)NCC2CO2)c1C.CCC.CCCCCCCCC. The van der Waals surface area contributed by atoms with Gasteiger partial charge in [0.2, 0.25) is 11.8 Å². The van der Waals surface area contributed by atoms with Gasteiger partial charge in [0.05, 0.1) is 37.2 Å². The van der Waals surface area contributed by atoms with Gasteiger partial charge >= 0.3 is 0 Å². The molecule has 3 unspecified atom stereocenters. The number of nitrogens with zero attached hydrogens (tertiary/aromatic N) is 1. The van der Waals surface area contributed by atoms with Gasteiger partial charge in [-0.15, -0.1) is 0 Å². The molecule has 0 aromatic heterocycles. The van der Waals surface area contributed by atoms with Gasteiger partial charge in [-0.25, -0.2) is 0 Å². The predicted molar refractivity (Wildman–Crippen MR) is 278 cm³/mol. The van der Waals surface area contributed by atoms with Crippen molar-refractivity contribution in [3.05, 3.63) is 68.8 Å². The Bertz CT molecular complexity index is 1920. The van der Waals surface area contributed by atoms with Gasteiger partial charge in [-0.05, 0) is 88.3 Å².